The Hall–Kier alpha value is -3.28. The number of anilines is 1. The van der Waals surface area contributed by atoms with E-state index < -0.39 is 5.91 Å². The van der Waals surface area contributed by atoms with Crippen molar-refractivity contribution >= 4 is 22.5 Å². The number of pyridine rings is 1. The van der Waals surface area contributed by atoms with E-state index in [1.807, 2.05) is 23.6 Å². The Morgan fingerprint density at radius 3 is 2.50 bits per heavy atom. The highest BCUT2D eigenvalue weighted by atomic mass is 16.5. The van der Waals surface area contributed by atoms with Crippen molar-refractivity contribution in [2.45, 2.75) is 13.5 Å². The summed E-state index contributed by atoms with van der Waals surface area (Å²) in [7, 11) is 3.06. The Balaban J connectivity index is 2.01. The maximum Gasteiger partial charge on any atom is 0.261 e. The number of aromatic nitrogens is 1. The lowest BCUT2D eigenvalue weighted by Gasteiger charge is -2.13. The number of fused-ring (bicyclic) bond motifs is 1. The normalized spacial score (nSPS) is 10.6. The summed E-state index contributed by atoms with van der Waals surface area (Å²) in [5.74, 6) is 0.592. The van der Waals surface area contributed by atoms with E-state index in [2.05, 4.69) is 5.32 Å². The standard InChI is InChI=1S/C20H20N2O4/c1-4-22-12-15(19(23)14-7-5-6-8-16(14)22)20(24)21-13-9-10-17(25-2)18(11-13)26-3/h5-12H,4H2,1-3H3,(H,21,24). The maximum atomic E-state index is 12.7. The van der Waals surface area contributed by atoms with E-state index in [-0.39, 0.29) is 11.0 Å². The molecule has 2 aromatic carbocycles. The number of benzene rings is 2. The van der Waals surface area contributed by atoms with Gasteiger partial charge in [-0.3, -0.25) is 9.59 Å². The molecular weight excluding hydrogens is 332 g/mol. The molecule has 0 radical (unpaired) electrons. The van der Waals surface area contributed by atoms with Gasteiger partial charge in [-0.25, -0.2) is 0 Å². The average Bonchev–Trinajstić information content (AvgIpc) is 2.68. The molecule has 0 aliphatic carbocycles. The van der Waals surface area contributed by atoms with Crippen molar-refractivity contribution in [3.8, 4) is 11.5 Å². The molecule has 0 atom stereocenters. The van der Waals surface area contributed by atoms with Gasteiger partial charge in [-0.2, -0.15) is 0 Å². The molecular formula is C20H20N2O4. The molecule has 0 spiro atoms. The van der Waals surface area contributed by atoms with Crippen LogP contribution in [0, 0.1) is 0 Å². The number of ether oxygens (including phenoxy) is 2. The first-order valence-electron chi connectivity index (χ1n) is 8.24. The Bertz CT molecular complexity index is 1020. The van der Waals surface area contributed by atoms with Gasteiger partial charge in [0.1, 0.15) is 5.56 Å². The largest absolute Gasteiger partial charge is 0.493 e. The van der Waals surface area contributed by atoms with Crippen LogP contribution >= 0.6 is 0 Å². The van der Waals surface area contributed by atoms with E-state index in [0.717, 1.165) is 5.52 Å². The van der Waals surface area contributed by atoms with Crippen LogP contribution in [-0.2, 0) is 6.54 Å². The summed E-state index contributed by atoms with van der Waals surface area (Å²) in [6, 6.07) is 12.3. The van der Waals surface area contributed by atoms with Crippen molar-refractivity contribution < 1.29 is 14.3 Å². The van der Waals surface area contributed by atoms with E-state index in [4.69, 9.17) is 9.47 Å². The van der Waals surface area contributed by atoms with Gasteiger partial charge in [0.2, 0.25) is 5.43 Å². The van der Waals surface area contributed by atoms with E-state index >= 15 is 0 Å². The lowest BCUT2D eigenvalue weighted by molar-refractivity contribution is 0.102. The minimum atomic E-state index is -0.463. The van der Waals surface area contributed by atoms with Gasteiger partial charge in [-0.1, -0.05) is 12.1 Å². The van der Waals surface area contributed by atoms with Crippen LogP contribution in [-0.4, -0.2) is 24.7 Å². The second-order valence-corrected chi connectivity index (χ2v) is 5.70. The molecule has 1 amide bonds. The van der Waals surface area contributed by atoms with E-state index in [1.54, 1.807) is 43.6 Å². The van der Waals surface area contributed by atoms with Crippen LogP contribution in [0.1, 0.15) is 17.3 Å². The van der Waals surface area contributed by atoms with E-state index in [0.29, 0.717) is 29.1 Å². The minimum absolute atomic E-state index is 0.0975. The fraction of sp³-hybridized carbons (Fsp3) is 0.200. The first kappa shape index (κ1) is 17.5. The number of nitrogens with one attached hydrogen (secondary N) is 1. The number of methoxy groups -OCH3 is 2. The second-order valence-electron chi connectivity index (χ2n) is 5.70. The van der Waals surface area contributed by atoms with Gasteiger partial charge in [0.25, 0.3) is 5.91 Å². The number of hydrogen-bond donors (Lipinski definition) is 1. The molecule has 0 unspecified atom stereocenters. The third kappa shape index (κ3) is 3.13. The monoisotopic (exact) mass is 352 g/mol. The summed E-state index contributed by atoms with van der Waals surface area (Å²) >= 11 is 0. The molecule has 0 bridgehead atoms. The fourth-order valence-electron chi connectivity index (χ4n) is 2.88. The van der Waals surface area contributed by atoms with Crippen molar-refractivity contribution in [1.29, 1.82) is 0 Å². The zero-order chi connectivity index (χ0) is 18.7. The second kappa shape index (κ2) is 7.31. The highest BCUT2D eigenvalue weighted by Gasteiger charge is 2.16. The zero-order valence-corrected chi connectivity index (χ0v) is 14.9. The van der Waals surface area contributed by atoms with Crippen molar-refractivity contribution in [2.24, 2.45) is 0 Å². The van der Waals surface area contributed by atoms with Crippen LogP contribution in [0.5, 0.6) is 11.5 Å². The highest BCUT2D eigenvalue weighted by Crippen LogP contribution is 2.29. The molecule has 26 heavy (non-hydrogen) atoms. The van der Waals surface area contributed by atoms with E-state index in [9.17, 15) is 9.59 Å². The molecule has 3 rings (SSSR count). The van der Waals surface area contributed by atoms with Gasteiger partial charge in [0.15, 0.2) is 11.5 Å². The Kier molecular flexibility index (Phi) is 4.93. The Labute approximate surface area is 151 Å². The van der Waals surface area contributed by atoms with Crippen LogP contribution in [0.4, 0.5) is 5.69 Å². The van der Waals surface area contributed by atoms with Gasteiger partial charge in [0.05, 0.1) is 19.7 Å². The predicted molar refractivity (Wildman–Crippen MR) is 101 cm³/mol. The number of rotatable bonds is 5. The summed E-state index contributed by atoms with van der Waals surface area (Å²) in [6.07, 6.45) is 1.60. The van der Waals surface area contributed by atoms with Gasteiger partial charge in [-0.05, 0) is 31.2 Å². The number of amides is 1. The van der Waals surface area contributed by atoms with Gasteiger partial charge in [0, 0.05) is 29.9 Å². The molecule has 6 nitrogen and oxygen atoms in total. The van der Waals surface area contributed by atoms with Crippen LogP contribution in [0.25, 0.3) is 10.9 Å². The average molecular weight is 352 g/mol. The first-order chi connectivity index (χ1) is 12.6. The molecule has 0 aliphatic rings. The van der Waals surface area contributed by atoms with Crippen molar-refractivity contribution in [3.63, 3.8) is 0 Å². The molecule has 1 heterocycles. The van der Waals surface area contributed by atoms with Crippen molar-refractivity contribution in [2.75, 3.05) is 19.5 Å². The smallest absolute Gasteiger partial charge is 0.261 e. The quantitative estimate of drug-likeness (QED) is 0.765. The van der Waals surface area contributed by atoms with Crippen LogP contribution in [0.2, 0.25) is 0 Å². The molecule has 0 aliphatic heterocycles. The van der Waals surface area contributed by atoms with Crippen LogP contribution in [0.3, 0.4) is 0 Å². The molecule has 0 fully saturated rings. The maximum absolute atomic E-state index is 12.7. The van der Waals surface area contributed by atoms with Crippen LogP contribution in [0.15, 0.2) is 53.5 Å². The number of para-hydroxylation sites is 1. The molecule has 1 aromatic heterocycles. The minimum Gasteiger partial charge on any atom is -0.493 e. The lowest BCUT2D eigenvalue weighted by Crippen LogP contribution is -2.23. The molecule has 6 heteroatoms. The predicted octanol–water partition coefficient (Wildman–Crippen LogP) is 3.29. The van der Waals surface area contributed by atoms with Gasteiger partial charge >= 0.3 is 0 Å². The Morgan fingerprint density at radius 1 is 1.08 bits per heavy atom. The Morgan fingerprint density at radius 2 is 1.81 bits per heavy atom. The molecule has 0 saturated carbocycles. The molecule has 134 valence electrons. The van der Waals surface area contributed by atoms with Gasteiger partial charge in [-0.15, -0.1) is 0 Å². The first-order valence-corrected chi connectivity index (χ1v) is 8.24. The topological polar surface area (TPSA) is 69.6 Å². The number of carbonyl (C=O) groups excluding carboxylic acids is 1. The summed E-state index contributed by atoms with van der Waals surface area (Å²) in [5, 5.41) is 3.28. The molecule has 0 saturated heterocycles. The SMILES string of the molecule is CCn1cc(C(=O)Nc2ccc(OC)c(OC)c2)c(=O)c2ccccc21. The van der Waals surface area contributed by atoms with Crippen molar-refractivity contribution in [3.05, 3.63) is 64.4 Å². The zero-order valence-electron chi connectivity index (χ0n) is 14.9. The third-order valence-electron chi connectivity index (χ3n) is 4.21. The van der Waals surface area contributed by atoms with E-state index in [1.165, 1.54) is 7.11 Å². The fourth-order valence-corrected chi connectivity index (χ4v) is 2.88. The highest BCUT2D eigenvalue weighted by molar-refractivity contribution is 6.05. The molecule has 3 aromatic rings. The van der Waals surface area contributed by atoms with Gasteiger partial charge < -0.3 is 19.4 Å². The summed E-state index contributed by atoms with van der Waals surface area (Å²) in [6.45, 7) is 2.62. The lowest BCUT2D eigenvalue weighted by atomic mass is 10.1. The van der Waals surface area contributed by atoms with Crippen molar-refractivity contribution in [1.82, 2.24) is 4.57 Å². The number of nitrogens with zero attached hydrogens (tertiary/aromatic N) is 1. The number of carbonyl (C=O) groups is 1. The number of aryl methyl sites for hydroxylation is 1. The molecule has 1 N–H and O–H groups in total. The van der Waals surface area contributed by atoms with Crippen LogP contribution < -0.4 is 20.2 Å². The third-order valence-corrected chi connectivity index (χ3v) is 4.21. The summed E-state index contributed by atoms with van der Waals surface area (Å²) in [5.41, 5.74) is 1.13. The summed E-state index contributed by atoms with van der Waals surface area (Å²) in [4.78, 5) is 25.4. The number of hydrogen-bond acceptors (Lipinski definition) is 4. The summed E-state index contributed by atoms with van der Waals surface area (Å²) < 4.78 is 12.3.